The molecule has 1 aliphatic carbocycles. The SMILES string of the molecule is C=CCn1cc(C)nc1NC(C)CC1CC1. The van der Waals surface area contributed by atoms with Gasteiger partial charge in [-0.1, -0.05) is 18.9 Å². The Labute approximate surface area is 97.6 Å². The highest BCUT2D eigenvalue weighted by Gasteiger charge is 2.23. The molecule has 1 heterocycles. The van der Waals surface area contributed by atoms with Gasteiger partial charge in [-0.25, -0.2) is 4.98 Å². The van der Waals surface area contributed by atoms with Crippen LogP contribution in [0.5, 0.6) is 0 Å². The number of rotatable bonds is 6. The zero-order chi connectivity index (χ0) is 11.5. The highest BCUT2D eigenvalue weighted by Crippen LogP contribution is 2.33. The summed E-state index contributed by atoms with van der Waals surface area (Å²) in [6.07, 6.45) is 8.05. The summed E-state index contributed by atoms with van der Waals surface area (Å²) in [5.74, 6) is 1.93. The number of hydrogen-bond donors (Lipinski definition) is 1. The second-order valence-corrected chi connectivity index (χ2v) is 4.87. The van der Waals surface area contributed by atoms with Crippen LogP contribution in [0.3, 0.4) is 0 Å². The maximum atomic E-state index is 4.50. The van der Waals surface area contributed by atoms with Crippen molar-refractivity contribution in [2.75, 3.05) is 5.32 Å². The number of nitrogens with zero attached hydrogens (tertiary/aromatic N) is 2. The van der Waals surface area contributed by atoms with Crippen LogP contribution < -0.4 is 5.32 Å². The van der Waals surface area contributed by atoms with Gasteiger partial charge in [0.1, 0.15) is 0 Å². The smallest absolute Gasteiger partial charge is 0.203 e. The monoisotopic (exact) mass is 219 g/mol. The molecule has 3 nitrogen and oxygen atoms in total. The van der Waals surface area contributed by atoms with E-state index in [9.17, 15) is 0 Å². The molecule has 1 fully saturated rings. The highest BCUT2D eigenvalue weighted by molar-refractivity contribution is 5.30. The first-order valence-corrected chi connectivity index (χ1v) is 6.10. The average molecular weight is 219 g/mol. The minimum absolute atomic E-state index is 0.512. The molecule has 0 saturated heterocycles. The number of aryl methyl sites for hydroxylation is 1. The highest BCUT2D eigenvalue weighted by atomic mass is 15.2. The molecule has 1 aromatic rings. The Morgan fingerprint density at radius 2 is 2.44 bits per heavy atom. The number of allylic oxidation sites excluding steroid dienone is 1. The van der Waals surface area contributed by atoms with Crippen LogP contribution in [0.1, 0.15) is 31.9 Å². The van der Waals surface area contributed by atoms with Crippen LogP contribution in [0.25, 0.3) is 0 Å². The van der Waals surface area contributed by atoms with Gasteiger partial charge in [-0.2, -0.15) is 0 Å². The number of aromatic nitrogens is 2. The van der Waals surface area contributed by atoms with E-state index in [0.29, 0.717) is 6.04 Å². The quantitative estimate of drug-likeness (QED) is 0.745. The molecule has 0 bridgehead atoms. The van der Waals surface area contributed by atoms with Gasteiger partial charge in [0.2, 0.25) is 5.95 Å². The molecule has 1 atom stereocenters. The molecule has 1 aliphatic rings. The first-order valence-electron chi connectivity index (χ1n) is 6.10. The Balaban J connectivity index is 1.97. The van der Waals surface area contributed by atoms with Gasteiger partial charge in [0, 0.05) is 18.8 Å². The molecule has 0 spiro atoms. The Hall–Kier alpha value is -1.25. The van der Waals surface area contributed by atoms with Crippen molar-refractivity contribution >= 4 is 5.95 Å². The van der Waals surface area contributed by atoms with Crippen LogP contribution in [0, 0.1) is 12.8 Å². The van der Waals surface area contributed by atoms with Crippen molar-refractivity contribution in [3.8, 4) is 0 Å². The average Bonchev–Trinajstić information content (AvgIpc) is 2.94. The minimum Gasteiger partial charge on any atom is -0.353 e. The van der Waals surface area contributed by atoms with E-state index < -0.39 is 0 Å². The van der Waals surface area contributed by atoms with E-state index in [1.165, 1.54) is 19.3 Å². The van der Waals surface area contributed by atoms with Gasteiger partial charge in [0.25, 0.3) is 0 Å². The molecule has 1 unspecified atom stereocenters. The van der Waals surface area contributed by atoms with Crippen molar-refractivity contribution in [3.63, 3.8) is 0 Å². The molecule has 1 aromatic heterocycles. The summed E-state index contributed by atoms with van der Waals surface area (Å²) in [6.45, 7) is 8.85. The fourth-order valence-corrected chi connectivity index (χ4v) is 2.07. The van der Waals surface area contributed by atoms with Crippen LogP contribution in [-0.4, -0.2) is 15.6 Å². The van der Waals surface area contributed by atoms with E-state index in [4.69, 9.17) is 0 Å². The molecule has 88 valence electrons. The summed E-state index contributed by atoms with van der Waals surface area (Å²) in [5, 5.41) is 3.49. The van der Waals surface area contributed by atoms with Crippen LogP contribution in [0.15, 0.2) is 18.9 Å². The van der Waals surface area contributed by atoms with E-state index in [2.05, 4.69) is 34.6 Å². The molecular weight excluding hydrogens is 198 g/mol. The maximum absolute atomic E-state index is 4.50. The van der Waals surface area contributed by atoms with Crippen molar-refractivity contribution in [1.82, 2.24) is 9.55 Å². The summed E-state index contributed by atoms with van der Waals surface area (Å²) in [4.78, 5) is 4.50. The van der Waals surface area contributed by atoms with Crippen molar-refractivity contribution < 1.29 is 0 Å². The zero-order valence-electron chi connectivity index (χ0n) is 10.2. The van der Waals surface area contributed by atoms with E-state index in [1.54, 1.807) is 0 Å². The zero-order valence-corrected chi connectivity index (χ0v) is 10.2. The molecule has 0 aliphatic heterocycles. The van der Waals surface area contributed by atoms with E-state index in [0.717, 1.165) is 24.1 Å². The number of imidazole rings is 1. The number of hydrogen-bond acceptors (Lipinski definition) is 2. The van der Waals surface area contributed by atoms with Crippen molar-refractivity contribution in [3.05, 3.63) is 24.5 Å². The molecular formula is C13H21N3. The summed E-state index contributed by atoms with van der Waals surface area (Å²) in [6, 6.07) is 0.512. The van der Waals surface area contributed by atoms with Crippen LogP contribution >= 0.6 is 0 Å². The molecule has 2 rings (SSSR count). The lowest BCUT2D eigenvalue weighted by atomic mass is 10.2. The lowest BCUT2D eigenvalue weighted by Gasteiger charge is -2.14. The molecule has 0 radical (unpaired) electrons. The maximum Gasteiger partial charge on any atom is 0.203 e. The Bertz CT molecular complexity index is 363. The second kappa shape index (κ2) is 4.73. The molecule has 0 aromatic carbocycles. The molecule has 0 amide bonds. The molecule has 16 heavy (non-hydrogen) atoms. The number of nitrogens with one attached hydrogen (secondary N) is 1. The van der Waals surface area contributed by atoms with Crippen molar-refractivity contribution in [2.45, 2.75) is 45.7 Å². The first kappa shape index (κ1) is 11.2. The molecule has 1 saturated carbocycles. The summed E-state index contributed by atoms with van der Waals surface area (Å²) in [7, 11) is 0. The lowest BCUT2D eigenvalue weighted by Crippen LogP contribution is -2.18. The van der Waals surface area contributed by atoms with Gasteiger partial charge in [-0.05, 0) is 26.2 Å². The molecule has 3 heteroatoms. The van der Waals surface area contributed by atoms with Gasteiger partial charge < -0.3 is 9.88 Å². The largest absolute Gasteiger partial charge is 0.353 e. The van der Waals surface area contributed by atoms with E-state index in [1.807, 2.05) is 13.0 Å². The van der Waals surface area contributed by atoms with Gasteiger partial charge >= 0.3 is 0 Å². The predicted octanol–water partition coefficient (Wildman–Crippen LogP) is 2.98. The number of anilines is 1. The van der Waals surface area contributed by atoms with E-state index >= 15 is 0 Å². The third-order valence-corrected chi connectivity index (χ3v) is 2.98. The third-order valence-electron chi connectivity index (χ3n) is 2.98. The summed E-state index contributed by atoms with van der Waals surface area (Å²) >= 11 is 0. The third kappa shape index (κ3) is 2.87. The Morgan fingerprint density at radius 3 is 3.06 bits per heavy atom. The Kier molecular flexibility index (Phi) is 3.32. The van der Waals surface area contributed by atoms with E-state index in [-0.39, 0.29) is 0 Å². The van der Waals surface area contributed by atoms with Crippen molar-refractivity contribution in [2.24, 2.45) is 5.92 Å². The first-order chi connectivity index (χ1) is 7.69. The van der Waals surface area contributed by atoms with Crippen LogP contribution in [0.2, 0.25) is 0 Å². The van der Waals surface area contributed by atoms with Gasteiger partial charge in [-0.15, -0.1) is 6.58 Å². The minimum atomic E-state index is 0.512. The van der Waals surface area contributed by atoms with Gasteiger partial charge in [-0.3, -0.25) is 0 Å². The molecule has 1 N–H and O–H groups in total. The Morgan fingerprint density at radius 1 is 1.69 bits per heavy atom. The summed E-state index contributed by atoms with van der Waals surface area (Å²) < 4.78 is 2.12. The predicted molar refractivity (Wildman–Crippen MR) is 67.6 cm³/mol. The second-order valence-electron chi connectivity index (χ2n) is 4.87. The lowest BCUT2D eigenvalue weighted by molar-refractivity contribution is 0.631. The summed E-state index contributed by atoms with van der Waals surface area (Å²) in [5.41, 5.74) is 1.06. The fourth-order valence-electron chi connectivity index (χ4n) is 2.07. The normalized spacial score (nSPS) is 17.1. The standard InChI is InChI=1S/C13H21N3/c1-4-7-16-9-11(3)15-13(16)14-10(2)8-12-5-6-12/h4,9-10,12H,1,5-8H2,2-3H3,(H,14,15). The van der Waals surface area contributed by atoms with Crippen molar-refractivity contribution in [1.29, 1.82) is 0 Å². The van der Waals surface area contributed by atoms with Crippen LogP contribution in [0.4, 0.5) is 5.95 Å². The van der Waals surface area contributed by atoms with Gasteiger partial charge in [0.05, 0.1) is 5.69 Å². The van der Waals surface area contributed by atoms with Crippen LogP contribution in [-0.2, 0) is 6.54 Å². The topological polar surface area (TPSA) is 29.9 Å². The fraction of sp³-hybridized carbons (Fsp3) is 0.615. The van der Waals surface area contributed by atoms with Gasteiger partial charge in [0.15, 0.2) is 0 Å².